The van der Waals surface area contributed by atoms with E-state index in [-0.39, 0.29) is 17.8 Å². The minimum Gasteiger partial charge on any atom is -0.374 e. The zero-order valence-corrected chi connectivity index (χ0v) is 13.5. The maximum absolute atomic E-state index is 12.9. The van der Waals surface area contributed by atoms with E-state index < -0.39 is 0 Å². The van der Waals surface area contributed by atoms with Crippen molar-refractivity contribution >= 4 is 11.6 Å². The Balaban J connectivity index is 1.46. The molecule has 126 valence electrons. The molecule has 1 fully saturated rings. The molecule has 1 amide bonds. The van der Waals surface area contributed by atoms with Crippen molar-refractivity contribution in [3.8, 4) is 0 Å². The number of nitrogens with zero attached hydrogens (tertiary/aromatic N) is 1. The minimum absolute atomic E-state index is 0.0903. The third-order valence-corrected chi connectivity index (χ3v) is 4.12. The lowest BCUT2D eigenvalue weighted by Crippen LogP contribution is -2.43. The van der Waals surface area contributed by atoms with Gasteiger partial charge in [-0.3, -0.25) is 4.79 Å². The molecule has 2 aromatic carbocycles. The van der Waals surface area contributed by atoms with E-state index in [2.05, 4.69) is 22.3 Å². The molecule has 0 saturated carbocycles. The first-order chi connectivity index (χ1) is 11.7. The van der Waals surface area contributed by atoms with Crippen molar-refractivity contribution in [1.29, 1.82) is 0 Å². The molecule has 1 aliphatic rings. The highest BCUT2D eigenvalue weighted by Gasteiger charge is 2.20. The molecule has 0 spiro atoms. The van der Waals surface area contributed by atoms with Crippen LogP contribution in [0.3, 0.4) is 0 Å². The highest BCUT2D eigenvalue weighted by Crippen LogP contribution is 2.18. The molecular formula is C19H21FN2O2. The van der Waals surface area contributed by atoms with Gasteiger partial charge in [0.05, 0.1) is 12.7 Å². The number of morpholine rings is 1. The highest BCUT2D eigenvalue weighted by molar-refractivity contribution is 5.94. The summed E-state index contributed by atoms with van der Waals surface area (Å²) in [7, 11) is 0. The average Bonchev–Trinajstić information content (AvgIpc) is 2.63. The number of amides is 1. The molecule has 0 aromatic heterocycles. The Morgan fingerprint density at radius 1 is 1.17 bits per heavy atom. The van der Waals surface area contributed by atoms with E-state index >= 15 is 0 Å². The molecule has 0 radical (unpaired) electrons. The molecule has 0 bridgehead atoms. The molecule has 1 heterocycles. The number of rotatable bonds is 5. The summed E-state index contributed by atoms with van der Waals surface area (Å²) in [6.45, 7) is 2.91. The van der Waals surface area contributed by atoms with Crippen molar-refractivity contribution in [2.24, 2.45) is 0 Å². The molecule has 2 aromatic rings. The lowest BCUT2D eigenvalue weighted by atomic mass is 10.1. The first kappa shape index (κ1) is 16.5. The van der Waals surface area contributed by atoms with Gasteiger partial charge in [-0.25, -0.2) is 4.39 Å². The van der Waals surface area contributed by atoms with Gasteiger partial charge in [-0.15, -0.1) is 0 Å². The summed E-state index contributed by atoms with van der Waals surface area (Å²) < 4.78 is 18.7. The smallest absolute Gasteiger partial charge is 0.251 e. The van der Waals surface area contributed by atoms with Gasteiger partial charge in [0.15, 0.2) is 0 Å². The summed E-state index contributed by atoms with van der Waals surface area (Å²) >= 11 is 0. The van der Waals surface area contributed by atoms with Crippen LogP contribution >= 0.6 is 0 Å². The number of hydrogen-bond acceptors (Lipinski definition) is 3. The molecule has 4 nitrogen and oxygen atoms in total. The van der Waals surface area contributed by atoms with Gasteiger partial charge >= 0.3 is 0 Å². The number of hydrogen-bond donors (Lipinski definition) is 1. The van der Waals surface area contributed by atoms with Gasteiger partial charge in [0.1, 0.15) is 5.82 Å². The van der Waals surface area contributed by atoms with Crippen molar-refractivity contribution in [2.45, 2.75) is 12.5 Å². The van der Waals surface area contributed by atoms with E-state index in [1.807, 2.05) is 18.2 Å². The van der Waals surface area contributed by atoms with Crippen LogP contribution in [0.4, 0.5) is 10.1 Å². The molecule has 24 heavy (non-hydrogen) atoms. The predicted octanol–water partition coefficient (Wildman–Crippen LogP) is 2.85. The van der Waals surface area contributed by atoms with Gasteiger partial charge in [0.25, 0.3) is 5.91 Å². The second-order valence-corrected chi connectivity index (χ2v) is 5.83. The molecule has 0 aliphatic carbocycles. The topological polar surface area (TPSA) is 41.6 Å². The zero-order valence-electron chi connectivity index (χ0n) is 13.5. The molecule has 1 aliphatic heterocycles. The van der Waals surface area contributed by atoms with Crippen molar-refractivity contribution < 1.29 is 13.9 Å². The molecule has 5 heteroatoms. The van der Waals surface area contributed by atoms with Crippen LogP contribution in [0.2, 0.25) is 0 Å². The summed E-state index contributed by atoms with van der Waals surface area (Å²) in [4.78, 5) is 14.3. The fourth-order valence-electron chi connectivity index (χ4n) is 2.82. The van der Waals surface area contributed by atoms with E-state index in [4.69, 9.17) is 4.74 Å². The number of carbonyl (C=O) groups excluding carboxylic acids is 1. The fraction of sp³-hybridized carbons (Fsp3) is 0.316. The fourth-order valence-corrected chi connectivity index (χ4v) is 2.82. The van der Waals surface area contributed by atoms with Crippen molar-refractivity contribution in [3.05, 3.63) is 66.0 Å². The second-order valence-electron chi connectivity index (χ2n) is 5.83. The summed E-state index contributed by atoms with van der Waals surface area (Å²) in [5.41, 5.74) is 1.66. The molecule has 3 rings (SSSR count). The lowest BCUT2D eigenvalue weighted by Gasteiger charge is -2.34. The van der Waals surface area contributed by atoms with E-state index in [9.17, 15) is 9.18 Å². The Labute approximate surface area is 141 Å². The summed E-state index contributed by atoms with van der Waals surface area (Å²) in [5, 5.41) is 2.86. The van der Waals surface area contributed by atoms with Gasteiger partial charge in [-0.1, -0.05) is 18.2 Å². The average molecular weight is 328 g/mol. The van der Waals surface area contributed by atoms with Crippen LogP contribution in [0, 0.1) is 5.82 Å². The number of benzene rings is 2. The van der Waals surface area contributed by atoms with E-state index in [1.54, 1.807) is 0 Å². The molecule has 1 N–H and O–H groups in total. The summed E-state index contributed by atoms with van der Waals surface area (Å²) in [5.74, 6) is -0.533. The third kappa shape index (κ3) is 4.32. The number of nitrogens with one attached hydrogen (secondary N) is 1. The highest BCUT2D eigenvalue weighted by atomic mass is 19.1. The minimum atomic E-state index is -0.344. The maximum atomic E-state index is 12.9. The standard InChI is InChI=1S/C19H21FN2O2/c20-16-8-6-15(7-9-16)19(23)21-11-10-18-14-22(12-13-24-18)17-4-2-1-3-5-17/h1-9,18H,10-14H2,(H,21,23). The molecule has 1 unspecified atom stereocenters. The van der Waals surface area contributed by atoms with Gasteiger partial charge in [-0.2, -0.15) is 0 Å². The van der Waals surface area contributed by atoms with Crippen molar-refractivity contribution in [2.75, 3.05) is 31.1 Å². The SMILES string of the molecule is O=C(NCCC1CN(c2ccccc2)CCO1)c1ccc(F)cc1. The van der Waals surface area contributed by atoms with E-state index in [0.29, 0.717) is 18.7 Å². The lowest BCUT2D eigenvalue weighted by molar-refractivity contribution is 0.0354. The van der Waals surface area contributed by atoms with E-state index in [0.717, 1.165) is 19.5 Å². The largest absolute Gasteiger partial charge is 0.374 e. The Morgan fingerprint density at radius 3 is 2.67 bits per heavy atom. The Bertz CT molecular complexity index is 661. The first-order valence-corrected chi connectivity index (χ1v) is 8.18. The van der Waals surface area contributed by atoms with E-state index in [1.165, 1.54) is 30.0 Å². The first-order valence-electron chi connectivity index (χ1n) is 8.18. The number of anilines is 1. The van der Waals surface area contributed by atoms with Crippen LogP contribution in [-0.4, -0.2) is 38.3 Å². The van der Waals surface area contributed by atoms with Crippen LogP contribution in [0.25, 0.3) is 0 Å². The number of carbonyl (C=O) groups is 1. The van der Waals surface area contributed by atoms with Crippen LogP contribution in [0.5, 0.6) is 0 Å². The van der Waals surface area contributed by atoms with Gasteiger partial charge < -0.3 is 15.0 Å². The van der Waals surface area contributed by atoms with Crippen molar-refractivity contribution in [1.82, 2.24) is 5.32 Å². The Hall–Kier alpha value is -2.40. The Morgan fingerprint density at radius 2 is 1.92 bits per heavy atom. The Kier molecular flexibility index (Phi) is 5.43. The quantitative estimate of drug-likeness (QED) is 0.918. The normalized spacial score (nSPS) is 17.5. The van der Waals surface area contributed by atoms with Crippen molar-refractivity contribution in [3.63, 3.8) is 0 Å². The monoisotopic (exact) mass is 328 g/mol. The zero-order chi connectivity index (χ0) is 16.8. The second kappa shape index (κ2) is 7.93. The van der Waals surface area contributed by atoms with Crippen LogP contribution in [-0.2, 0) is 4.74 Å². The molecule has 1 atom stereocenters. The van der Waals surface area contributed by atoms with Gasteiger partial charge in [0.2, 0.25) is 0 Å². The maximum Gasteiger partial charge on any atom is 0.251 e. The summed E-state index contributed by atoms with van der Waals surface area (Å²) in [6.07, 6.45) is 0.837. The third-order valence-electron chi connectivity index (χ3n) is 4.12. The van der Waals surface area contributed by atoms with Gasteiger partial charge in [0, 0.05) is 30.9 Å². The van der Waals surface area contributed by atoms with Crippen LogP contribution in [0.15, 0.2) is 54.6 Å². The summed E-state index contributed by atoms with van der Waals surface area (Å²) in [6, 6.07) is 15.8. The van der Waals surface area contributed by atoms with Crippen LogP contribution in [0.1, 0.15) is 16.8 Å². The molecular weight excluding hydrogens is 307 g/mol. The van der Waals surface area contributed by atoms with Gasteiger partial charge in [-0.05, 0) is 42.8 Å². The van der Waals surface area contributed by atoms with Crippen LogP contribution < -0.4 is 10.2 Å². The predicted molar refractivity (Wildman–Crippen MR) is 91.7 cm³/mol. The number of halogens is 1. The number of ether oxygens (including phenoxy) is 1. The number of para-hydroxylation sites is 1. The molecule has 1 saturated heterocycles.